The molecule has 1 amide bonds. The number of halogens is 2. The van der Waals surface area contributed by atoms with Gasteiger partial charge < -0.3 is 16.0 Å². The monoisotopic (exact) mass is 482 g/mol. The number of carbonyl (C=O) groups is 1. The largest absolute Gasteiger partial charge is 0.367 e. The van der Waals surface area contributed by atoms with Crippen LogP contribution in [0.15, 0.2) is 53.5 Å². The number of hydrogen-bond acceptors (Lipinski definition) is 6. The minimum Gasteiger partial charge on any atom is -0.367 e. The summed E-state index contributed by atoms with van der Waals surface area (Å²) in [6.07, 6.45) is 1.39. The van der Waals surface area contributed by atoms with E-state index in [1.165, 1.54) is 6.20 Å². The van der Waals surface area contributed by atoms with Gasteiger partial charge >= 0.3 is 0 Å². The number of benzene rings is 2. The van der Waals surface area contributed by atoms with Crippen LogP contribution in [0.4, 0.5) is 20.2 Å². The Morgan fingerprint density at radius 2 is 1.89 bits per heavy atom. The lowest BCUT2D eigenvalue weighted by molar-refractivity contribution is 0.102. The van der Waals surface area contributed by atoms with E-state index in [2.05, 4.69) is 15.5 Å². The molecule has 1 aliphatic rings. The summed E-state index contributed by atoms with van der Waals surface area (Å²) in [6.45, 7) is 0.494. The molecule has 0 saturated carbocycles. The number of hydrogen-bond donors (Lipinski definition) is 2. The highest BCUT2D eigenvalue weighted by Gasteiger charge is 2.30. The van der Waals surface area contributed by atoms with Gasteiger partial charge in [0.05, 0.1) is 16.9 Å². The highest BCUT2D eigenvalue weighted by Crippen LogP contribution is 2.37. The molecule has 0 radical (unpaired) electrons. The summed E-state index contributed by atoms with van der Waals surface area (Å²) in [7, 11) is 0. The molecule has 1 aliphatic heterocycles. The first-order valence-electron chi connectivity index (χ1n) is 12.3. The molecule has 4 aromatic rings. The summed E-state index contributed by atoms with van der Waals surface area (Å²) in [4.78, 5) is 27.5. The summed E-state index contributed by atoms with van der Waals surface area (Å²) in [5.74, 6) is -2.66. The maximum absolute atomic E-state index is 14.3. The highest BCUT2D eigenvalue weighted by molar-refractivity contribution is 6.08. The van der Waals surface area contributed by atoms with Crippen LogP contribution < -0.4 is 21.5 Å². The first-order chi connectivity index (χ1) is 17.9. The normalized spacial score (nSPS) is 19.4. The standard InChI is InChI=1S/C24H23F2N7O2/c1-13-10-32(12-17(13)27)22-14-11-31(2)29-18(14)6-7-19(22)28-24(35)20-8-9-21(34)33(30-20)23-15(25)4-3-5-16(23)26/h3-9,11,13,17H,10,12,27H2,1-2H3,(H,28,35)/t13-,17+/m1/s1/i2D3. The molecule has 0 bridgehead atoms. The summed E-state index contributed by atoms with van der Waals surface area (Å²) in [5.41, 5.74) is 5.69. The van der Waals surface area contributed by atoms with Crippen LogP contribution >= 0.6 is 0 Å². The lowest BCUT2D eigenvalue weighted by atomic mass is 10.1. The molecule has 180 valence electrons. The molecule has 11 heteroatoms. The van der Waals surface area contributed by atoms with Crippen LogP contribution in [0.25, 0.3) is 16.6 Å². The smallest absolute Gasteiger partial charge is 0.276 e. The number of amides is 1. The molecule has 2 aromatic carbocycles. The van der Waals surface area contributed by atoms with Crippen LogP contribution in [-0.4, -0.2) is 44.6 Å². The molecular formula is C24H23F2N7O2. The Bertz CT molecular complexity index is 1590. The van der Waals surface area contributed by atoms with Crippen molar-refractivity contribution in [2.45, 2.75) is 13.0 Å². The van der Waals surface area contributed by atoms with Crippen molar-refractivity contribution in [3.8, 4) is 5.69 Å². The number of nitrogens with two attached hydrogens (primary N) is 1. The number of carbonyl (C=O) groups excluding carboxylic acids is 1. The van der Waals surface area contributed by atoms with Crippen molar-refractivity contribution in [1.29, 1.82) is 0 Å². The summed E-state index contributed by atoms with van der Waals surface area (Å²) < 4.78 is 53.1. The second-order valence-corrected chi connectivity index (χ2v) is 8.51. The molecule has 0 spiro atoms. The zero-order valence-corrected chi connectivity index (χ0v) is 18.6. The lowest BCUT2D eigenvalue weighted by Gasteiger charge is -2.23. The number of aromatic nitrogens is 4. The van der Waals surface area contributed by atoms with E-state index < -0.39 is 35.8 Å². The third-order valence-corrected chi connectivity index (χ3v) is 6.08. The van der Waals surface area contributed by atoms with E-state index in [4.69, 9.17) is 9.85 Å². The Morgan fingerprint density at radius 3 is 2.57 bits per heavy atom. The summed E-state index contributed by atoms with van der Waals surface area (Å²) in [5, 5.41) is 11.3. The fraction of sp³-hybridized carbons (Fsp3) is 0.250. The third kappa shape index (κ3) is 4.03. The van der Waals surface area contributed by atoms with Gasteiger partial charge in [-0.2, -0.15) is 14.9 Å². The fourth-order valence-electron chi connectivity index (χ4n) is 4.27. The SMILES string of the molecule is [2H]C([2H])([2H])n1cc2c(N3C[C@@H](C)[C@@H](N)C3)c(NC(=O)c3ccc(=O)n(-c4c(F)cccc4F)n3)ccc2n1. The van der Waals surface area contributed by atoms with Gasteiger partial charge in [-0.25, -0.2) is 8.78 Å². The summed E-state index contributed by atoms with van der Waals surface area (Å²) in [6, 6.07) is 8.22. The Kier molecular flexibility index (Phi) is 4.71. The van der Waals surface area contributed by atoms with E-state index in [1.54, 1.807) is 12.1 Å². The number of nitrogens with zero attached hydrogens (tertiary/aromatic N) is 5. The number of fused-ring (bicyclic) bond motifs is 1. The molecule has 0 unspecified atom stereocenters. The van der Waals surface area contributed by atoms with Gasteiger partial charge in [-0.1, -0.05) is 13.0 Å². The topological polar surface area (TPSA) is 111 Å². The molecule has 2 aromatic heterocycles. The number of anilines is 2. The average Bonchev–Trinajstić information content (AvgIpc) is 3.43. The minimum absolute atomic E-state index is 0.132. The van der Waals surface area contributed by atoms with Gasteiger partial charge in [0.2, 0.25) is 0 Å². The predicted molar refractivity (Wildman–Crippen MR) is 128 cm³/mol. The van der Waals surface area contributed by atoms with Gasteiger partial charge in [-0.05, 0) is 36.2 Å². The highest BCUT2D eigenvalue weighted by atomic mass is 19.1. The summed E-state index contributed by atoms with van der Waals surface area (Å²) >= 11 is 0. The van der Waals surface area contributed by atoms with Gasteiger partial charge in [-0.3, -0.25) is 14.3 Å². The Labute approximate surface area is 203 Å². The number of rotatable bonds is 4. The number of aryl methyl sites for hydroxylation is 1. The van der Waals surface area contributed by atoms with E-state index >= 15 is 0 Å². The second-order valence-electron chi connectivity index (χ2n) is 8.51. The maximum Gasteiger partial charge on any atom is 0.276 e. The third-order valence-electron chi connectivity index (χ3n) is 6.08. The van der Waals surface area contributed by atoms with E-state index in [0.717, 1.165) is 35.0 Å². The van der Waals surface area contributed by atoms with Gasteiger partial charge in [0, 0.05) is 47.9 Å². The predicted octanol–water partition coefficient (Wildman–Crippen LogP) is 2.43. The average molecular weight is 483 g/mol. The van der Waals surface area contributed by atoms with E-state index in [-0.39, 0.29) is 17.7 Å². The van der Waals surface area contributed by atoms with E-state index in [1.807, 2.05) is 11.8 Å². The fourth-order valence-corrected chi connectivity index (χ4v) is 4.27. The zero-order valence-electron chi connectivity index (χ0n) is 21.6. The van der Waals surface area contributed by atoms with Crippen LogP contribution in [0, 0.1) is 17.6 Å². The molecule has 3 N–H and O–H groups in total. The van der Waals surface area contributed by atoms with Crippen LogP contribution in [-0.2, 0) is 6.98 Å². The number of nitrogens with one attached hydrogen (secondary N) is 1. The molecule has 5 rings (SSSR count). The van der Waals surface area contributed by atoms with E-state index in [0.29, 0.717) is 40.0 Å². The molecule has 1 fully saturated rings. The van der Waals surface area contributed by atoms with Crippen LogP contribution in [0.1, 0.15) is 21.5 Å². The van der Waals surface area contributed by atoms with Crippen molar-refractivity contribution < 1.29 is 17.7 Å². The first-order valence-corrected chi connectivity index (χ1v) is 10.8. The van der Waals surface area contributed by atoms with Crippen LogP contribution in [0.5, 0.6) is 0 Å². The molecule has 2 atom stereocenters. The van der Waals surface area contributed by atoms with Crippen molar-refractivity contribution in [1.82, 2.24) is 19.6 Å². The minimum atomic E-state index is -2.51. The van der Waals surface area contributed by atoms with Crippen molar-refractivity contribution in [3.05, 3.63) is 76.3 Å². The Hall–Kier alpha value is -4.12. The maximum atomic E-state index is 14.3. The molecular weight excluding hydrogens is 456 g/mol. The first kappa shape index (κ1) is 19.2. The zero-order chi connectivity index (χ0) is 27.4. The van der Waals surface area contributed by atoms with Gasteiger partial charge in [-0.15, -0.1) is 0 Å². The Balaban J connectivity index is 1.57. The molecule has 0 aliphatic carbocycles. The van der Waals surface area contributed by atoms with Crippen LogP contribution in [0.3, 0.4) is 0 Å². The quantitative estimate of drug-likeness (QED) is 0.462. The molecule has 35 heavy (non-hydrogen) atoms. The van der Waals surface area contributed by atoms with Crippen molar-refractivity contribution in [2.75, 3.05) is 23.3 Å². The Morgan fingerprint density at radius 1 is 1.11 bits per heavy atom. The van der Waals surface area contributed by atoms with Crippen molar-refractivity contribution in [2.24, 2.45) is 18.6 Å². The van der Waals surface area contributed by atoms with E-state index in [9.17, 15) is 18.4 Å². The second kappa shape index (κ2) is 8.58. The molecule has 1 saturated heterocycles. The van der Waals surface area contributed by atoms with Gasteiger partial charge in [0.1, 0.15) is 11.4 Å². The van der Waals surface area contributed by atoms with Crippen molar-refractivity contribution >= 4 is 28.2 Å². The molecule has 3 heterocycles. The number of para-hydroxylation sites is 1. The lowest BCUT2D eigenvalue weighted by Crippen LogP contribution is -2.29. The van der Waals surface area contributed by atoms with Crippen molar-refractivity contribution in [3.63, 3.8) is 0 Å². The van der Waals surface area contributed by atoms with Crippen LogP contribution in [0.2, 0.25) is 0 Å². The molecule has 9 nitrogen and oxygen atoms in total. The van der Waals surface area contributed by atoms with Gasteiger partial charge in [0.25, 0.3) is 11.5 Å². The van der Waals surface area contributed by atoms with Gasteiger partial charge in [0.15, 0.2) is 11.6 Å².